The van der Waals surface area contributed by atoms with Crippen molar-refractivity contribution in [2.75, 3.05) is 0 Å². The summed E-state index contributed by atoms with van der Waals surface area (Å²) in [6.45, 7) is 1.72. The summed E-state index contributed by atoms with van der Waals surface area (Å²) in [4.78, 5) is 8.32. The van der Waals surface area contributed by atoms with E-state index < -0.39 is 0 Å². The molecule has 1 fully saturated rings. The summed E-state index contributed by atoms with van der Waals surface area (Å²) < 4.78 is 2.29. The van der Waals surface area contributed by atoms with Gasteiger partial charge in [-0.1, -0.05) is 6.07 Å². The summed E-state index contributed by atoms with van der Waals surface area (Å²) in [5, 5.41) is 3.43. The van der Waals surface area contributed by atoms with Crippen molar-refractivity contribution < 1.29 is 0 Å². The molecule has 0 radical (unpaired) electrons. The molecule has 0 spiro atoms. The molecule has 1 aliphatic carbocycles. The first-order chi connectivity index (χ1) is 8.43. The normalized spacial score (nSPS) is 15.1. The highest BCUT2D eigenvalue weighted by atomic mass is 15.1. The van der Waals surface area contributed by atoms with Gasteiger partial charge in [-0.2, -0.15) is 0 Å². The average Bonchev–Trinajstić information content (AvgIpc) is 3.11. The number of pyridine rings is 1. The van der Waals surface area contributed by atoms with Crippen LogP contribution in [-0.4, -0.2) is 14.5 Å². The van der Waals surface area contributed by atoms with Gasteiger partial charge in [0.1, 0.15) is 0 Å². The molecule has 17 heavy (non-hydrogen) atoms. The molecule has 0 aromatic carbocycles. The lowest BCUT2D eigenvalue weighted by Gasteiger charge is -2.07. The van der Waals surface area contributed by atoms with Crippen molar-refractivity contribution in [2.24, 2.45) is 0 Å². The zero-order valence-electron chi connectivity index (χ0n) is 9.71. The maximum Gasteiger partial charge on any atom is 0.0951 e. The zero-order valence-corrected chi connectivity index (χ0v) is 9.71. The number of nitrogens with zero attached hydrogens (tertiary/aromatic N) is 3. The van der Waals surface area contributed by atoms with Crippen LogP contribution in [0.3, 0.4) is 0 Å². The van der Waals surface area contributed by atoms with Gasteiger partial charge in [-0.3, -0.25) is 4.98 Å². The molecular formula is C13H16N4. The van der Waals surface area contributed by atoms with Gasteiger partial charge in [0, 0.05) is 37.7 Å². The van der Waals surface area contributed by atoms with Crippen molar-refractivity contribution >= 4 is 0 Å². The molecule has 2 aromatic rings. The number of hydrogen-bond donors (Lipinski definition) is 1. The van der Waals surface area contributed by atoms with Gasteiger partial charge in [0.2, 0.25) is 0 Å². The summed E-state index contributed by atoms with van der Waals surface area (Å²) in [6.07, 6.45) is 10.2. The van der Waals surface area contributed by atoms with Gasteiger partial charge in [-0.25, -0.2) is 4.98 Å². The molecule has 0 saturated heterocycles. The second kappa shape index (κ2) is 4.67. The van der Waals surface area contributed by atoms with Crippen LogP contribution in [0, 0.1) is 0 Å². The Balaban J connectivity index is 1.55. The highest BCUT2D eigenvalue weighted by Gasteiger charge is 2.24. The van der Waals surface area contributed by atoms with Crippen molar-refractivity contribution in [2.45, 2.75) is 32.0 Å². The van der Waals surface area contributed by atoms with Crippen LogP contribution in [0.2, 0.25) is 0 Å². The van der Waals surface area contributed by atoms with Gasteiger partial charge in [-0.15, -0.1) is 0 Å². The first kappa shape index (κ1) is 10.5. The largest absolute Gasteiger partial charge is 0.330 e. The third-order valence-electron chi connectivity index (χ3n) is 3.04. The summed E-state index contributed by atoms with van der Waals surface area (Å²) in [7, 11) is 0. The van der Waals surface area contributed by atoms with Crippen LogP contribution in [0.5, 0.6) is 0 Å². The predicted octanol–water partition coefficient (Wildman–Crippen LogP) is 1.90. The van der Waals surface area contributed by atoms with Gasteiger partial charge < -0.3 is 9.88 Å². The number of nitrogens with one attached hydrogen (secondary N) is 1. The minimum atomic E-state index is 0.702. The lowest BCUT2D eigenvalue weighted by molar-refractivity contribution is 0.620. The number of aromatic nitrogens is 3. The van der Waals surface area contributed by atoms with E-state index in [-0.39, 0.29) is 0 Å². The summed E-state index contributed by atoms with van der Waals surface area (Å²) in [5.74, 6) is 0. The highest BCUT2D eigenvalue weighted by molar-refractivity contribution is 5.09. The lowest BCUT2D eigenvalue weighted by Crippen LogP contribution is -2.15. The third-order valence-corrected chi connectivity index (χ3v) is 3.04. The SMILES string of the molecule is c1cncc(CNCc2cncn2C2CC2)c1. The molecule has 1 saturated carbocycles. The fourth-order valence-corrected chi connectivity index (χ4v) is 1.99. The number of rotatable bonds is 5. The van der Waals surface area contributed by atoms with E-state index >= 15 is 0 Å². The van der Waals surface area contributed by atoms with Crippen LogP contribution >= 0.6 is 0 Å². The molecule has 4 nitrogen and oxygen atoms in total. The quantitative estimate of drug-likeness (QED) is 0.850. The van der Waals surface area contributed by atoms with Crippen molar-refractivity contribution in [3.63, 3.8) is 0 Å². The Labute approximate surface area is 101 Å². The second-order valence-corrected chi connectivity index (χ2v) is 4.49. The van der Waals surface area contributed by atoms with Crippen molar-refractivity contribution in [1.29, 1.82) is 0 Å². The molecule has 1 aliphatic rings. The predicted molar refractivity (Wildman–Crippen MR) is 65.3 cm³/mol. The van der Waals surface area contributed by atoms with Crippen LogP contribution < -0.4 is 5.32 Å². The Kier molecular flexibility index (Phi) is 2.88. The minimum Gasteiger partial charge on any atom is -0.330 e. The van der Waals surface area contributed by atoms with Gasteiger partial charge in [0.15, 0.2) is 0 Å². The number of imidazole rings is 1. The third kappa shape index (κ3) is 2.53. The Morgan fingerprint density at radius 3 is 2.94 bits per heavy atom. The molecule has 4 heteroatoms. The van der Waals surface area contributed by atoms with E-state index in [0.717, 1.165) is 13.1 Å². The molecule has 2 aromatic heterocycles. The minimum absolute atomic E-state index is 0.702. The molecule has 2 heterocycles. The van der Waals surface area contributed by atoms with Gasteiger partial charge in [0.25, 0.3) is 0 Å². The number of hydrogen-bond acceptors (Lipinski definition) is 3. The standard InChI is InChI=1S/C13H16N4/c1-2-11(6-14-5-1)7-15-8-13-9-16-10-17(13)12-3-4-12/h1-2,5-6,9-10,12,15H,3-4,7-8H2. The van der Waals surface area contributed by atoms with Gasteiger partial charge >= 0.3 is 0 Å². The fourth-order valence-electron chi connectivity index (χ4n) is 1.99. The summed E-state index contributed by atoms with van der Waals surface area (Å²) >= 11 is 0. The topological polar surface area (TPSA) is 42.7 Å². The van der Waals surface area contributed by atoms with Crippen molar-refractivity contribution in [3.05, 3.63) is 48.3 Å². The fraction of sp³-hybridized carbons (Fsp3) is 0.385. The molecule has 0 atom stereocenters. The van der Waals surface area contributed by atoms with Crippen molar-refractivity contribution in [3.8, 4) is 0 Å². The van der Waals surface area contributed by atoms with Gasteiger partial charge in [0.05, 0.1) is 12.0 Å². The summed E-state index contributed by atoms with van der Waals surface area (Å²) in [5.41, 5.74) is 2.49. The molecule has 0 aliphatic heterocycles. The Hall–Kier alpha value is -1.68. The zero-order chi connectivity index (χ0) is 11.5. The van der Waals surface area contributed by atoms with Crippen LogP contribution in [0.25, 0.3) is 0 Å². The maximum atomic E-state index is 4.22. The van der Waals surface area contributed by atoms with Crippen LogP contribution in [0.1, 0.15) is 30.1 Å². The van der Waals surface area contributed by atoms with E-state index in [0.29, 0.717) is 6.04 Å². The maximum absolute atomic E-state index is 4.22. The lowest BCUT2D eigenvalue weighted by atomic mass is 10.3. The van der Waals surface area contributed by atoms with E-state index in [1.807, 2.05) is 24.8 Å². The van der Waals surface area contributed by atoms with Crippen LogP contribution in [0.4, 0.5) is 0 Å². The molecule has 3 rings (SSSR count). The van der Waals surface area contributed by atoms with E-state index in [2.05, 4.69) is 25.9 Å². The van der Waals surface area contributed by atoms with E-state index in [1.54, 1.807) is 6.20 Å². The van der Waals surface area contributed by atoms with E-state index in [9.17, 15) is 0 Å². The molecule has 0 unspecified atom stereocenters. The molecule has 88 valence electrons. The van der Waals surface area contributed by atoms with Crippen molar-refractivity contribution in [1.82, 2.24) is 19.9 Å². The molecule has 0 amide bonds. The monoisotopic (exact) mass is 228 g/mol. The Morgan fingerprint density at radius 1 is 1.24 bits per heavy atom. The molecule has 0 bridgehead atoms. The highest BCUT2D eigenvalue weighted by Crippen LogP contribution is 2.35. The first-order valence-electron chi connectivity index (χ1n) is 6.04. The second-order valence-electron chi connectivity index (χ2n) is 4.49. The van der Waals surface area contributed by atoms with Gasteiger partial charge in [-0.05, 0) is 24.5 Å². The first-order valence-corrected chi connectivity index (χ1v) is 6.04. The Morgan fingerprint density at radius 2 is 2.18 bits per heavy atom. The molecular weight excluding hydrogens is 212 g/mol. The van der Waals surface area contributed by atoms with E-state index in [1.165, 1.54) is 24.1 Å². The van der Waals surface area contributed by atoms with E-state index in [4.69, 9.17) is 0 Å². The average molecular weight is 228 g/mol. The van der Waals surface area contributed by atoms with Crippen LogP contribution in [-0.2, 0) is 13.1 Å². The Bertz CT molecular complexity index is 473. The summed E-state index contributed by atoms with van der Waals surface area (Å²) in [6, 6.07) is 4.75. The van der Waals surface area contributed by atoms with Crippen LogP contribution in [0.15, 0.2) is 37.1 Å². The molecule has 1 N–H and O–H groups in total. The smallest absolute Gasteiger partial charge is 0.0951 e.